The number of nitrogens with two attached hydrogens (primary N) is 1. The molecule has 0 aliphatic heterocycles. The van der Waals surface area contributed by atoms with Crippen molar-refractivity contribution in [3.8, 4) is 0 Å². The number of hydrogen-bond acceptors (Lipinski definition) is 7. The third-order valence-electron chi connectivity index (χ3n) is 1.98. The molecule has 0 spiro atoms. The van der Waals surface area contributed by atoms with Gasteiger partial charge in [0.15, 0.2) is 0 Å². The van der Waals surface area contributed by atoms with Gasteiger partial charge in [-0.3, -0.25) is 0 Å². The van der Waals surface area contributed by atoms with Crippen LogP contribution < -0.4 is 5.73 Å². The summed E-state index contributed by atoms with van der Waals surface area (Å²) in [5.41, 5.74) is 6.40. The number of rotatable bonds is 4. The summed E-state index contributed by atoms with van der Waals surface area (Å²) in [5.74, 6) is 0.828. The van der Waals surface area contributed by atoms with Gasteiger partial charge in [0.1, 0.15) is 14.9 Å². The Labute approximate surface area is 107 Å². The molecule has 2 aromatic rings. The second-order valence-electron chi connectivity index (χ2n) is 3.50. The van der Waals surface area contributed by atoms with E-state index in [-0.39, 0.29) is 11.7 Å². The predicted octanol–water partition coefficient (Wildman–Crippen LogP) is 1.41. The number of nitrogens with zero attached hydrogens (tertiary/aromatic N) is 2. The van der Waals surface area contributed by atoms with Crippen LogP contribution in [0.1, 0.15) is 0 Å². The lowest BCUT2D eigenvalue weighted by atomic mass is 10.5. The molecule has 92 valence electrons. The summed E-state index contributed by atoms with van der Waals surface area (Å²) in [4.78, 5) is 8.24. The van der Waals surface area contributed by atoms with E-state index in [0.29, 0.717) is 5.75 Å². The molecule has 0 aliphatic rings. The molecule has 0 saturated carbocycles. The Balaban J connectivity index is 2.20. The molecule has 2 heterocycles. The number of thioether (sulfide) groups is 1. The van der Waals surface area contributed by atoms with Gasteiger partial charge in [-0.15, -0.1) is 23.1 Å². The second kappa shape index (κ2) is 4.79. The zero-order valence-electron chi connectivity index (χ0n) is 9.08. The summed E-state index contributed by atoms with van der Waals surface area (Å²) in [5, 5.41) is 2.67. The van der Waals surface area contributed by atoms with E-state index in [2.05, 4.69) is 9.97 Å². The number of thiophene rings is 1. The molecule has 0 amide bonds. The van der Waals surface area contributed by atoms with E-state index in [4.69, 9.17) is 5.73 Å². The topological polar surface area (TPSA) is 85.9 Å². The standard InChI is InChI=1S/C9H11N3O2S3/c1-17(13,14)5-4-16-8-7-6(2-3-15-7)11-9(10)12-8/h2-3H,4-5H2,1H3,(H2,10,11,12). The molecule has 5 nitrogen and oxygen atoms in total. The van der Waals surface area contributed by atoms with Gasteiger partial charge in [0, 0.05) is 12.0 Å². The van der Waals surface area contributed by atoms with Crippen molar-refractivity contribution in [2.24, 2.45) is 0 Å². The highest BCUT2D eigenvalue weighted by Gasteiger charge is 2.09. The van der Waals surface area contributed by atoms with Crippen molar-refractivity contribution in [1.29, 1.82) is 0 Å². The van der Waals surface area contributed by atoms with E-state index < -0.39 is 9.84 Å². The van der Waals surface area contributed by atoms with E-state index in [0.717, 1.165) is 15.2 Å². The fraction of sp³-hybridized carbons (Fsp3) is 0.333. The van der Waals surface area contributed by atoms with Crippen LogP contribution in [-0.2, 0) is 9.84 Å². The summed E-state index contributed by atoms with van der Waals surface area (Å²) < 4.78 is 23.0. The fourth-order valence-electron chi connectivity index (χ4n) is 1.24. The number of hydrogen-bond donors (Lipinski definition) is 1. The first-order chi connectivity index (χ1) is 7.96. The van der Waals surface area contributed by atoms with Crippen LogP contribution in [0.5, 0.6) is 0 Å². The molecule has 2 rings (SSSR count). The highest BCUT2D eigenvalue weighted by molar-refractivity contribution is 8.00. The smallest absolute Gasteiger partial charge is 0.221 e. The van der Waals surface area contributed by atoms with Gasteiger partial charge >= 0.3 is 0 Å². The minimum Gasteiger partial charge on any atom is -0.368 e. The van der Waals surface area contributed by atoms with Crippen LogP contribution in [0, 0.1) is 0 Å². The highest BCUT2D eigenvalue weighted by atomic mass is 32.2. The molecule has 0 radical (unpaired) electrons. The molecule has 0 saturated heterocycles. The highest BCUT2D eigenvalue weighted by Crippen LogP contribution is 2.29. The number of anilines is 1. The Bertz CT molecular complexity index is 636. The molecule has 0 atom stereocenters. The molecule has 0 unspecified atom stereocenters. The molecule has 8 heteroatoms. The first-order valence-corrected chi connectivity index (χ1v) is 8.69. The zero-order valence-corrected chi connectivity index (χ0v) is 11.5. The van der Waals surface area contributed by atoms with Crippen molar-refractivity contribution in [3.05, 3.63) is 11.4 Å². The number of fused-ring (bicyclic) bond motifs is 1. The molecule has 0 aliphatic carbocycles. The van der Waals surface area contributed by atoms with E-state index >= 15 is 0 Å². The molecule has 0 aromatic carbocycles. The van der Waals surface area contributed by atoms with E-state index in [1.807, 2.05) is 11.4 Å². The minimum absolute atomic E-state index is 0.133. The SMILES string of the molecule is CS(=O)(=O)CCSc1nc(N)nc2ccsc12. The van der Waals surface area contributed by atoms with Crippen molar-refractivity contribution in [3.63, 3.8) is 0 Å². The van der Waals surface area contributed by atoms with Crippen molar-refractivity contribution in [2.75, 3.05) is 23.5 Å². The van der Waals surface area contributed by atoms with Gasteiger partial charge in [-0.25, -0.2) is 18.4 Å². The van der Waals surface area contributed by atoms with Gasteiger partial charge in [-0.1, -0.05) is 0 Å². The van der Waals surface area contributed by atoms with Gasteiger partial charge in [0.25, 0.3) is 0 Å². The lowest BCUT2D eigenvalue weighted by Crippen LogP contribution is -2.05. The lowest BCUT2D eigenvalue weighted by Gasteiger charge is -2.02. The molecule has 2 N–H and O–H groups in total. The van der Waals surface area contributed by atoms with Crippen LogP contribution in [0.25, 0.3) is 10.2 Å². The quantitative estimate of drug-likeness (QED) is 0.676. The van der Waals surface area contributed by atoms with Crippen molar-refractivity contribution in [1.82, 2.24) is 9.97 Å². The summed E-state index contributed by atoms with van der Waals surface area (Å²) in [6.45, 7) is 0. The van der Waals surface area contributed by atoms with Gasteiger partial charge in [-0.05, 0) is 11.4 Å². The summed E-state index contributed by atoms with van der Waals surface area (Å²) in [6.07, 6.45) is 1.22. The van der Waals surface area contributed by atoms with E-state index in [9.17, 15) is 8.42 Å². The molecular weight excluding hydrogens is 278 g/mol. The molecule has 2 aromatic heterocycles. The maximum atomic E-state index is 11.0. The number of sulfone groups is 1. The minimum atomic E-state index is -2.94. The maximum Gasteiger partial charge on any atom is 0.221 e. The normalized spacial score (nSPS) is 12.1. The largest absolute Gasteiger partial charge is 0.368 e. The van der Waals surface area contributed by atoms with Crippen molar-refractivity contribution in [2.45, 2.75) is 5.03 Å². The lowest BCUT2D eigenvalue weighted by molar-refractivity contribution is 0.603. The Morgan fingerprint density at radius 2 is 2.24 bits per heavy atom. The Kier molecular flexibility index (Phi) is 3.55. The summed E-state index contributed by atoms with van der Waals surface area (Å²) in [6, 6.07) is 1.87. The summed E-state index contributed by atoms with van der Waals surface area (Å²) in [7, 11) is -2.94. The Morgan fingerprint density at radius 1 is 1.47 bits per heavy atom. The molecule has 0 fully saturated rings. The Hall–Kier alpha value is -0.860. The van der Waals surface area contributed by atoms with Crippen LogP contribution in [0.4, 0.5) is 5.95 Å². The third-order valence-corrected chi connectivity index (χ3v) is 5.20. The van der Waals surface area contributed by atoms with Crippen LogP contribution in [0.3, 0.4) is 0 Å². The molecule has 17 heavy (non-hydrogen) atoms. The van der Waals surface area contributed by atoms with Gasteiger partial charge in [-0.2, -0.15) is 0 Å². The van der Waals surface area contributed by atoms with E-state index in [1.54, 1.807) is 0 Å². The van der Waals surface area contributed by atoms with Crippen LogP contribution in [-0.4, -0.2) is 36.1 Å². The van der Waals surface area contributed by atoms with Gasteiger partial charge in [0.2, 0.25) is 5.95 Å². The number of aromatic nitrogens is 2. The predicted molar refractivity (Wildman–Crippen MR) is 72.3 cm³/mol. The zero-order chi connectivity index (χ0) is 12.5. The first kappa shape index (κ1) is 12.6. The first-order valence-electron chi connectivity index (χ1n) is 4.77. The van der Waals surface area contributed by atoms with Crippen LogP contribution in [0.2, 0.25) is 0 Å². The number of nitrogen functional groups attached to an aromatic ring is 1. The average Bonchev–Trinajstić information content (AvgIpc) is 2.63. The van der Waals surface area contributed by atoms with Crippen molar-refractivity contribution >= 4 is 49.1 Å². The Morgan fingerprint density at radius 3 is 2.94 bits per heavy atom. The fourth-order valence-corrected chi connectivity index (χ4v) is 4.41. The molecule has 0 bridgehead atoms. The molecular formula is C9H11N3O2S3. The third kappa shape index (κ3) is 3.30. The second-order valence-corrected chi connectivity index (χ2v) is 7.76. The maximum absolute atomic E-state index is 11.0. The van der Waals surface area contributed by atoms with Crippen LogP contribution in [0.15, 0.2) is 16.5 Å². The van der Waals surface area contributed by atoms with Crippen molar-refractivity contribution < 1.29 is 8.42 Å². The van der Waals surface area contributed by atoms with Gasteiger partial charge < -0.3 is 5.73 Å². The average molecular weight is 289 g/mol. The monoisotopic (exact) mass is 289 g/mol. The van der Waals surface area contributed by atoms with Crippen LogP contribution >= 0.6 is 23.1 Å². The summed E-state index contributed by atoms with van der Waals surface area (Å²) >= 11 is 2.93. The van der Waals surface area contributed by atoms with E-state index in [1.165, 1.54) is 29.4 Å². The van der Waals surface area contributed by atoms with Gasteiger partial charge in [0.05, 0.1) is 16.0 Å².